The van der Waals surface area contributed by atoms with Crippen LogP contribution in [-0.4, -0.2) is 42.2 Å². The van der Waals surface area contributed by atoms with E-state index in [-0.39, 0.29) is 11.9 Å². The van der Waals surface area contributed by atoms with Crippen LogP contribution in [0.3, 0.4) is 0 Å². The minimum atomic E-state index is -3.19. The summed E-state index contributed by atoms with van der Waals surface area (Å²) in [7, 11) is -1.42. The molecule has 31 heavy (non-hydrogen) atoms. The monoisotopic (exact) mass is 428 g/mol. The zero-order chi connectivity index (χ0) is 22.1. The van der Waals surface area contributed by atoms with E-state index in [0.29, 0.717) is 12.8 Å². The average Bonchev–Trinajstić information content (AvgIpc) is 3.02. The van der Waals surface area contributed by atoms with E-state index >= 15 is 0 Å². The Morgan fingerprint density at radius 3 is 1.32 bits per heavy atom. The highest BCUT2D eigenvalue weighted by Gasteiger charge is 2.62. The quantitative estimate of drug-likeness (QED) is 0.344. The van der Waals surface area contributed by atoms with Gasteiger partial charge in [0.1, 0.15) is 5.54 Å². The van der Waals surface area contributed by atoms with Crippen molar-refractivity contribution >= 4 is 35.7 Å². The summed E-state index contributed by atoms with van der Waals surface area (Å²) < 4.78 is 1.64. The van der Waals surface area contributed by atoms with E-state index < -0.39 is 13.8 Å². The first-order valence-corrected chi connectivity index (χ1v) is 12.8. The second-order valence-corrected chi connectivity index (χ2v) is 11.6. The molecule has 1 heterocycles. The van der Waals surface area contributed by atoms with Gasteiger partial charge in [0.25, 0.3) is 8.24 Å². The standard InChI is InChI=1S/C26H28N2O2Si/c1-4-26(5-2)24(29)28(25(30)27(26)3)31(21-15-9-6-10-16-21,22-17-11-7-12-18-22)23-19-13-8-14-20-23/h6-20H,4-5H2,1-3H3. The van der Waals surface area contributed by atoms with Gasteiger partial charge in [-0.05, 0) is 28.4 Å². The lowest BCUT2D eigenvalue weighted by Crippen LogP contribution is -2.78. The maximum Gasteiger partial charge on any atom is 0.320 e. The normalized spacial score (nSPS) is 16.1. The Kier molecular flexibility index (Phi) is 5.54. The zero-order valence-electron chi connectivity index (χ0n) is 18.3. The number of amides is 3. The van der Waals surface area contributed by atoms with Gasteiger partial charge in [0, 0.05) is 7.05 Å². The van der Waals surface area contributed by atoms with Crippen LogP contribution in [-0.2, 0) is 4.79 Å². The molecule has 0 aromatic heterocycles. The van der Waals surface area contributed by atoms with Crippen LogP contribution in [0.5, 0.6) is 0 Å². The molecule has 3 aromatic rings. The summed E-state index contributed by atoms with van der Waals surface area (Å²) in [6.45, 7) is 3.98. The topological polar surface area (TPSA) is 40.6 Å². The third-order valence-corrected chi connectivity index (χ3v) is 11.4. The first-order chi connectivity index (χ1) is 15.0. The summed E-state index contributed by atoms with van der Waals surface area (Å²) in [5.41, 5.74) is -0.812. The van der Waals surface area contributed by atoms with Gasteiger partial charge in [-0.2, -0.15) is 0 Å². The molecule has 1 fully saturated rings. The van der Waals surface area contributed by atoms with Crippen LogP contribution in [0, 0.1) is 0 Å². The van der Waals surface area contributed by atoms with E-state index in [2.05, 4.69) is 36.4 Å². The van der Waals surface area contributed by atoms with Crippen molar-refractivity contribution in [1.82, 2.24) is 9.47 Å². The van der Waals surface area contributed by atoms with E-state index in [9.17, 15) is 9.59 Å². The number of benzene rings is 3. The Hall–Kier alpha value is -3.18. The predicted molar refractivity (Wildman–Crippen MR) is 127 cm³/mol. The van der Waals surface area contributed by atoms with Gasteiger partial charge < -0.3 is 4.90 Å². The van der Waals surface area contributed by atoms with Gasteiger partial charge in [-0.1, -0.05) is 105 Å². The third kappa shape index (κ3) is 2.95. The number of rotatable bonds is 6. The molecule has 0 radical (unpaired) electrons. The van der Waals surface area contributed by atoms with Crippen molar-refractivity contribution in [2.45, 2.75) is 32.2 Å². The average molecular weight is 429 g/mol. The van der Waals surface area contributed by atoms with Crippen molar-refractivity contribution < 1.29 is 9.59 Å². The van der Waals surface area contributed by atoms with Crippen LogP contribution in [0.25, 0.3) is 0 Å². The lowest BCUT2D eigenvalue weighted by molar-refractivity contribution is -0.130. The van der Waals surface area contributed by atoms with Crippen molar-refractivity contribution in [3.63, 3.8) is 0 Å². The van der Waals surface area contributed by atoms with Crippen molar-refractivity contribution in [2.24, 2.45) is 0 Å². The fourth-order valence-corrected chi connectivity index (χ4v) is 9.77. The number of likely N-dealkylation sites (N-methyl/N-ethyl adjacent to an activating group) is 1. The smallest absolute Gasteiger partial charge is 0.313 e. The van der Waals surface area contributed by atoms with E-state index in [1.165, 1.54) is 0 Å². The van der Waals surface area contributed by atoms with Crippen LogP contribution in [0.2, 0.25) is 0 Å². The number of hydrogen-bond donors (Lipinski definition) is 0. The fourth-order valence-electron chi connectivity index (χ4n) is 5.02. The van der Waals surface area contributed by atoms with Gasteiger partial charge in [0.05, 0.1) is 0 Å². The molecule has 1 aliphatic rings. The zero-order valence-corrected chi connectivity index (χ0v) is 19.3. The molecular weight excluding hydrogens is 400 g/mol. The number of carbonyl (C=O) groups is 2. The van der Waals surface area contributed by atoms with Gasteiger partial charge in [-0.15, -0.1) is 0 Å². The maximum absolute atomic E-state index is 14.2. The molecule has 5 heteroatoms. The van der Waals surface area contributed by atoms with Crippen molar-refractivity contribution in [3.05, 3.63) is 91.0 Å². The molecule has 0 aliphatic carbocycles. The van der Waals surface area contributed by atoms with Crippen LogP contribution in [0.1, 0.15) is 26.7 Å². The summed E-state index contributed by atoms with van der Waals surface area (Å²) >= 11 is 0. The number of nitrogens with zero attached hydrogens (tertiary/aromatic N) is 2. The van der Waals surface area contributed by atoms with Gasteiger partial charge in [-0.25, -0.2) is 4.79 Å². The Morgan fingerprint density at radius 2 is 1.03 bits per heavy atom. The minimum absolute atomic E-state index is 0.0896. The highest BCUT2D eigenvalue weighted by Crippen LogP contribution is 2.35. The third-order valence-electron chi connectivity index (χ3n) is 6.80. The largest absolute Gasteiger partial charge is 0.320 e. The molecular formula is C26H28N2O2Si. The molecule has 3 aromatic carbocycles. The molecule has 1 saturated heterocycles. The Labute approximate surface area is 185 Å². The summed E-state index contributed by atoms with van der Waals surface area (Å²) in [6.07, 6.45) is 1.17. The van der Waals surface area contributed by atoms with Crippen LogP contribution >= 0.6 is 0 Å². The SMILES string of the molecule is CCC1(CC)C(=O)N([Si](c2ccccc2)(c2ccccc2)c2ccccc2)C(=O)N1C. The summed E-state index contributed by atoms with van der Waals surface area (Å²) in [6, 6.07) is 30.0. The Balaban J connectivity index is 2.11. The second-order valence-electron chi connectivity index (χ2n) is 8.03. The summed E-state index contributed by atoms with van der Waals surface area (Å²) in [4.78, 5) is 29.7. The van der Waals surface area contributed by atoms with E-state index in [1.807, 2.05) is 68.4 Å². The molecule has 0 spiro atoms. The summed E-state index contributed by atoms with van der Waals surface area (Å²) in [5.74, 6) is -0.0896. The Morgan fingerprint density at radius 1 is 0.677 bits per heavy atom. The summed E-state index contributed by atoms with van der Waals surface area (Å²) in [5, 5.41) is 3.06. The first kappa shape index (κ1) is 21.1. The maximum atomic E-state index is 14.2. The molecule has 0 atom stereocenters. The van der Waals surface area contributed by atoms with Gasteiger partial charge in [0.2, 0.25) is 5.91 Å². The second kappa shape index (κ2) is 8.15. The van der Waals surface area contributed by atoms with Gasteiger partial charge in [0.15, 0.2) is 0 Å². The molecule has 4 rings (SSSR count). The molecule has 0 saturated carbocycles. The number of imide groups is 1. The highest BCUT2D eigenvalue weighted by atomic mass is 28.3. The number of carbonyl (C=O) groups excluding carboxylic acids is 2. The van der Waals surface area contributed by atoms with Crippen molar-refractivity contribution in [1.29, 1.82) is 0 Å². The lowest BCUT2D eigenvalue weighted by Gasteiger charge is -2.39. The van der Waals surface area contributed by atoms with E-state index in [1.54, 1.807) is 16.5 Å². The predicted octanol–water partition coefficient (Wildman–Crippen LogP) is 3.11. The van der Waals surface area contributed by atoms with Crippen LogP contribution in [0.4, 0.5) is 4.79 Å². The van der Waals surface area contributed by atoms with Crippen molar-refractivity contribution in [2.75, 3.05) is 7.05 Å². The fraction of sp³-hybridized carbons (Fsp3) is 0.231. The van der Waals surface area contributed by atoms with E-state index in [4.69, 9.17) is 0 Å². The number of urea groups is 1. The molecule has 4 nitrogen and oxygen atoms in total. The van der Waals surface area contributed by atoms with Crippen LogP contribution in [0.15, 0.2) is 91.0 Å². The molecule has 0 unspecified atom stereocenters. The lowest BCUT2D eigenvalue weighted by atomic mass is 9.92. The molecule has 1 aliphatic heterocycles. The molecule has 3 amide bonds. The van der Waals surface area contributed by atoms with Gasteiger partial charge in [-0.3, -0.25) is 9.36 Å². The van der Waals surface area contributed by atoms with E-state index in [0.717, 1.165) is 15.6 Å². The molecule has 0 bridgehead atoms. The first-order valence-electron chi connectivity index (χ1n) is 10.8. The highest BCUT2D eigenvalue weighted by molar-refractivity contribution is 7.11. The number of hydrogen-bond acceptors (Lipinski definition) is 2. The molecule has 158 valence electrons. The van der Waals surface area contributed by atoms with Gasteiger partial charge >= 0.3 is 6.03 Å². The Bertz CT molecular complexity index is 970. The van der Waals surface area contributed by atoms with Crippen LogP contribution < -0.4 is 15.6 Å². The minimum Gasteiger partial charge on any atom is -0.313 e. The van der Waals surface area contributed by atoms with Crippen molar-refractivity contribution in [3.8, 4) is 0 Å². The molecule has 0 N–H and O–H groups in total.